The van der Waals surface area contributed by atoms with E-state index in [1.165, 1.54) is 5.56 Å². The van der Waals surface area contributed by atoms with Crippen molar-refractivity contribution < 1.29 is 9.53 Å². The van der Waals surface area contributed by atoms with E-state index in [1.807, 2.05) is 48.7 Å². The second kappa shape index (κ2) is 8.54. The molecule has 4 rings (SSSR count). The lowest BCUT2D eigenvalue weighted by Crippen LogP contribution is -2.18. The minimum atomic E-state index is -0.206. The minimum absolute atomic E-state index is 0.158. The lowest BCUT2D eigenvalue weighted by Gasteiger charge is -2.16. The van der Waals surface area contributed by atoms with Gasteiger partial charge in [-0.25, -0.2) is 0 Å². The molecule has 1 heterocycles. The molecule has 3 aromatic rings. The van der Waals surface area contributed by atoms with Crippen LogP contribution in [0, 0.1) is 5.92 Å². The molecule has 1 aliphatic rings. The van der Waals surface area contributed by atoms with Crippen LogP contribution in [0.15, 0.2) is 65.3 Å². The fourth-order valence-electron chi connectivity index (χ4n) is 3.49. The fourth-order valence-corrected chi connectivity index (χ4v) is 3.88. The Morgan fingerprint density at radius 1 is 1.11 bits per heavy atom. The zero-order valence-corrected chi connectivity index (χ0v) is 17.7. The van der Waals surface area contributed by atoms with E-state index in [0.717, 1.165) is 40.6 Å². The molecule has 0 saturated heterocycles. The lowest BCUT2D eigenvalue weighted by atomic mass is 9.94. The molecule has 1 aliphatic carbocycles. The second-order valence-electron chi connectivity index (χ2n) is 7.26. The Balaban J connectivity index is 1.42. The predicted octanol–water partition coefficient (Wildman–Crippen LogP) is 6.26. The highest BCUT2D eigenvalue weighted by Gasteiger charge is 2.38. The Labute approximate surface area is 178 Å². The van der Waals surface area contributed by atoms with Crippen LogP contribution in [0.2, 0.25) is 5.02 Å². The van der Waals surface area contributed by atoms with Crippen molar-refractivity contribution in [3.05, 3.63) is 92.7 Å². The van der Waals surface area contributed by atoms with E-state index in [4.69, 9.17) is 16.3 Å². The molecule has 0 amide bonds. The predicted molar refractivity (Wildman–Crippen MR) is 114 cm³/mol. The van der Waals surface area contributed by atoms with Crippen LogP contribution in [0.3, 0.4) is 0 Å². The number of nitrogens with one attached hydrogen (secondary N) is 1. The number of rotatable bonds is 7. The van der Waals surface area contributed by atoms with Crippen LogP contribution in [-0.2, 0) is 22.6 Å². The number of carbonyl (C=O) groups is 1. The molecule has 1 N–H and O–H groups in total. The molecule has 144 valence electrons. The van der Waals surface area contributed by atoms with Crippen molar-refractivity contribution in [1.82, 2.24) is 4.98 Å². The van der Waals surface area contributed by atoms with Gasteiger partial charge in [0.05, 0.1) is 11.6 Å². The first-order valence-corrected chi connectivity index (χ1v) is 10.6. The third kappa shape index (κ3) is 4.68. The van der Waals surface area contributed by atoms with Crippen LogP contribution in [0.25, 0.3) is 0 Å². The number of esters is 1. The van der Waals surface area contributed by atoms with Gasteiger partial charge < -0.3 is 9.72 Å². The largest absolute Gasteiger partial charge is 0.459 e. The maximum Gasteiger partial charge on any atom is 0.314 e. The van der Waals surface area contributed by atoms with Gasteiger partial charge in [-0.1, -0.05) is 51.8 Å². The van der Waals surface area contributed by atoms with Crippen molar-refractivity contribution in [2.45, 2.75) is 31.8 Å². The molecule has 0 radical (unpaired) electrons. The molecule has 1 aromatic heterocycles. The number of hydrogen-bond donors (Lipinski definition) is 1. The second-order valence-corrected chi connectivity index (χ2v) is 8.61. The monoisotopic (exact) mass is 457 g/mol. The fraction of sp³-hybridized carbons (Fsp3) is 0.261. The maximum atomic E-state index is 12.8. The zero-order valence-electron chi connectivity index (χ0n) is 15.3. The quantitative estimate of drug-likeness (QED) is 0.425. The number of ether oxygens (including phenoxy) is 1. The highest BCUT2D eigenvalue weighted by molar-refractivity contribution is 9.10. The molecule has 0 bridgehead atoms. The molecule has 1 atom stereocenters. The summed E-state index contributed by atoms with van der Waals surface area (Å²) in [6.07, 6.45) is 4.83. The van der Waals surface area contributed by atoms with Gasteiger partial charge in [0, 0.05) is 15.7 Å². The van der Waals surface area contributed by atoms with E-state index >= 15 is 0 Å². The number of aromatic amines is 1. The van der Waals surface area contributed by atoms with Gasteiger partial charge in [0.15, 0.2) is 0 Å². The minimum Gasteiger partial charge on any atom is -0.459 e. The van der Waals surface area contributed by atoms with Gasteiger partial charge in [0.1, 0.15) is 6.61 Å². The smallest absolute Gasteiger partial charge is 0.314 e. The van der Waals surface area contributed by atoms with E-state index in [2.05, 4.69) is 33.0 Å². The maximum absolute atomic E-state index is 12.8. The highest BCUT2D eigenvalue weighted by Crippen LogP contribution is 2.43. The molecular formula is C23H21BrClNO2. The van der Waals surface area contributed by atoms with Crippen molar-refractivity contribution in [2.75, 3.05) is 0 Å². The van der Waals surface area contributed by atoms with Crippen molar-refractivity contribution in [2.24, 2.45) is 5.92 Å². The number of hydrogen-bond acceptors (Lipinski definition) is 2. The van der Waals surface area contributed by atoms with Crippen LogP contribution in [0.1, 0.15) is 41.1 Å². The molecular weight excluding hydrogens is 438 g/mol. The summed E-state index contributed by atoms with van der Waals surface area (Å²) in [5.74, 6) is 0.00993. The van der Waals surface area contributed by atoms with Gasteiger partial charge >= 0.3 is 5.97 Å². The van der Waals surface area contributed by atoms with E-state index in [1.54, 1.807) is 0 Å². The summed E-state index contributed by atoms with van der Waals surface area (Å²) in [5.41, 5.74) is 4.29. The van der Waals surface area contributed by atoms with Gasteiger partial charge in [-0.05, 0) is 72.2 Å². The van der Waals surface area contributed by atoms with Gasteiger partial charge in [-0.3, -0.25) is 4.79 Å². The number of carbonyl (C=O) groups excluding carboxylic acids is 1. The highest BCUT2D eigenvalue weighted by atomic mass is 79.9. The topological polar surface area (TPSA) is 42.1 Å². The Hall–Kier alpha value is -2.04. The molecule has 1 fully saturated rings. The first-order valence-electron chi connectivity index (χ1n) is 9.42. The average molecular weight is 459 g/mol. The van der Waals surface area contributed by atoms with Gasteiger partial charge in [0.2, 0.25) is 0 Å². The summed E-state index contributed by atoms with van der Waals surface area (Å²) in [6, 6.07) is 17.8. The molecule has 1 saturated carbocycles. The Morgan fingerprint density at radius 2 is 1.82 bits per heavy atom. The molecule has 5 heteroatoms. The van der Waals surface area contributed by atoms with E-state index in [-0.39, 0.29) is 18.5 Å². The number of benzene rings is 2. The average Bonchev–Trinajstić information content (AvgIpc) is 3.43. The molecule has 0 spiro atoms. The lowest BCUT2D eigenvalue weighted by molar-refractivity contribution is -0.147. The van der Waals surface area contributed by atoms with Crippen LogP contribution < -0.4 is 0 Å². The van der Waals surface area contributed by atoms with Crippen LogP contribution in [0.5, 0.6) is 0 Å². The Bertz CT molecular complexity index is 945. The van der Waals surface area contributed by atoms with Gasteiger partial charge in [0.25, 0.3) is 0 Å². The normalized spacial score (nSPS) is 14.6. The summed E-state index contributed by atoms with van der Waals surface area (Å²) in [5, 5.41) is 0.677. The van der Waals surface area contributed by atoms with Gasteiger partial charge in [-0.2, -0.15) is 0 Å². The van der Waals surface area contributed by atoms with Crippen molar-refractivity contribution in [3.8, 4) is 0 Å². The van der Waals surface area contributed by atoms with Gasteiger partial charge in [-0.15, -0.1) is 0 Å². The van der Waals surface area contributed by atoms with Crippen molar-refractivity contribution >= 4 is 33.5 Å². The summed E-state index contributed by atoms with van der Waals surface area (Å²) >= 11 is 9.45. The molecule has 28 heavy (non-hydrogen) atoms. The van der Waals surface area contributed by atoms with E-state index < -0.39 is 0 Å². The Kier molecular flexibility index (Phi) is 5.88. The summed E-state index contributed by atoms with van der Waals surface area (Å²) in [4.78, 5) is 16.1. The number of H-pyrrole nitrogens is 1. The number of halogens is 2. The van der Waals surface area contributed by atoms with Crippen LogP contribution in [-0.4, -0.2) is 11.0 Å². The Morgan fingerprint density at radius 3 is 2.50 bits per heavy atom. The summed E-state index contributed by atoms with van der Waals surface area (Å²) < 4.78 is 6.78. The summed E-state index contributed by atoms with van der Waals surface area (Å²) in [6.45, 7) is 0.258. The third-order valence-corrected chi connectivity index (χ3v) is 5.95. The standard InChI is InChI=1S/C23H21BrClNO2/c24-19-7-1-15(2-8-19)13-18-11-12-26-21(18)14-28-23(27)22(16-3-4-16)17-5-9-20(25)10-6-17/h1-2,5-12,16,22,26H,3-4,13-14H2. The molecule has 0 aliphatic heterocycles. The molecule has 1 unspecified atom stereocenters. The van der Waals surface area contributed by atoms with E-state index in [0.29, 0.717) is 10.9 Å². The third-order valence-electron chi connectivity index (χ3n) is 5.17. The number of aromatic nitrogens is 1. The molecule has 2 aromatic carbocycles. The first-order chi connectivity index (χ1) is 13.6. The molecule has 3 nitrogen and oxygen atoms in total. The summed E-state index contributed by atoms with van der Waals surface area (Å²) in [7, 11) is 0. The van der Waals surface area contributed by atoms with Crippen LogP contribution in [0.4, 0.5) is 0 Å². The van der Waals surface area contributed by atoms with E-state index in [9.17, 15) is 4.79 Å². The van der Waals surface area contributed by atoms with Crippen LogP contribution >= 0.6 is 27.5 Å². The first kappa shape index (κ1) is 19.3. The van der Waals surface area contributed by atoms with Crippen molar-refractivity contribution in [3.63, 3.8) is 0 Å². The SMILES string of the molecule is O=C(OCc1[nH]ccc1Cc1ccc(Br)cc1)C(c1ccc(Cl)cc1)C1CC1. The zero-order chi connectivity index (χ0) is 19.5. The van der Waals surface area contributed by atoms with Crippen molar-refractivity contribution in [1.29, 1.82) is 0 Å².